The van der Waals surface area contributed by atoms with Crippen molar-refractivity contribution in [2.75, 3.05) is 13.7 Å². The van der Waals surface area contributed by atoms with Gasteiger partial charge in [-0.2, -0.15) is 0 Å². The van der Waals surface area contributed by atoms with Gasteiger partial charge >= 0.3 is 0 Å². The minimum atomic E-state index is -0.644. The number of hydrogen-bond acceptors (Lipinski definition) is 4. The second kappa shape index (κ2) is 7.52. The second-order valence-electron chi connectivity index (χ2n) is 4.69. The largest absolute Gasteiger partial charge is 0.383 e. The molecule has 1 amide bonds. The van der Waals surface area contributed by atoms with Gasteiger partial charge in [0.15, 0.2) is 0 Å². The molecule has 21 heavy (non-hydrogen) atoms. The Morgan fingerprint density at radius 3 is 2.90 bits per heavy atom. The molecule has 1 unspecified atom stereocenters. The molecule has 0 spiro atoms. The van der Waals surface area contributed by atoms with Crippen LogP contribution in [-0.4, -0.2) is 30.6 Å². The van der Waals surface area contributed by atoms with Gasteiger partial charge in [-0.1, -0.05) is 24.3 Å². The second-order valence-corrected chi connectivity index (χ2v) is 4.69. The van der Waals surface area contributed by atoms with E-state index in [9.17, 15) is 4.79 Å². The summed E-state index contributed by atoms with van der Waals surface area (Å²) in [5.41, 5.74) is 8.58. The maximum atomic E-state index is 11.7. The Balaban J connectivity index is 2.00. The zero-order chi connectivity index (χ0) is 15.1. The third kappa shape index (κ3) is 4.37. The molecule has 3 N–H and O–H groups in total. The van der Waals surface area contributed by atoms with E-state index < -0.39 is 6.04 Å². The molecule has 0 saturated heterocycles. The maximum Gasteiger partial charge on any atom is 0.239 e. The van der Waals surface area contributed by atoms with E-state index in [4.69, 9.17) is 10.5 Å². The molecule has 1 heterocycles. The van der Waals surface area contributed by atoms with Crippen molar-refractivity contribution in [1.29, 1.82) is 0 Å². The number of carbonyl (C=O) groups is 1. The number of nitrogens with zero attached hydrogens (tertiary/aromatic N) is 1. The van der Waals surface area contributed by atoms with Gasteiger partial charge in [-0.05, 0) is 23.8 Å². The van der Waals surface area contributed by atoms with Crippen molar-refractivity contribution < 1.29 is 9.53 Å². The lowest BCUT2D eigenvalue weighted by Gasteiger charge is -2.11. The van der Waals surface area contributed by atoms with Crippen molar-refractivity contribution in [1.82, 2.24) is 10.3 Å². The van der Waals surface area contributed by atoms with Crippen LogP contribution in [0, 0.1) is 0 Å². The topological polar surface area (TPSA) is 77.2 Å². The fraction of sp³-hybridized carbons (Fsp3) is 0.250. The molecule has 5 nitrogen and oxygen atoms in total. The van der Waals surface area contributed by atoms with E-state index in [2.05, 4.69) is 10.3 Å². The molecule has 0 aliphatic heterocycles. The Bertz CT molecular complexity index is 587. The van der Waals surface area contributed by atoms with E-state index in [0.29, 0.717) is 6.54 Å². The minimum Gasteiger partial charge on any atom is -0.383 e. The van der Waals surface area contributed by atoms with E-state index in [1.54, 1.807) is 6.20 Å². The van der Waals surface area contributed by atoms with Crippen molar-refractivity contribution in [2.24, 2.45) is 5.73 Å². The number of nitrogens with one attached hydrogen (secondary N) is 1. The van der Waals surface area contributed by atoms with E-state index in [1.165, 1.54) is 7.11 Å². The number of ether oxygens (including phenoxy) is 1. The lowest BCUT2D eigenvalue weighted by Crippen LogP contribution is -2.43. The number of amides is 1. The third-order valence-corrected chi connectivity index (χ3v) is 3.04. The molecule has 0 fully saturated rings. The number of aromatic nitrogens is 1. The number of rotatable bonds is 6. The number of carbonyl (C=O) groups excluding carboxylic acids is 1. The molecule has 0 radical (unpaired) electrons. The number of benzene rings is 1. The highest BCUT2D eigenvalue weighted by atomic mass is 16.5. The van der Waals surface area contributed by atoms with Crippen molar-refractivity contribution in [2.45, 2.75) is 12.6 Å². The predicted molar refractivity (Wildman–Crippen MR) is 81.4 cm³/mol. The summed E-state index contributed by atoms with van der Waals surface area (Å²) < 4.78 is 4.86. The van der Waals surface area contributed by atoms with Crippen LogP contribution in [0.4, 0.5) is 0 Å². The van der Waals surface area contributed by atoms with Crippen molar-refractivity contribution in [3.63, 3.8) is 0 Å². The first-order chi connectivity index (χ1) is 10.2. The zero-order valence-electron chi connectivity index (χ0n) is 12.0. The van der Waals surface area contributed by atoms with Crippen molar-refractivity contribution in [3.8, 4) is 11.3 Å². The highest BCUT2D eigenvalue weighted by molar-refractivity contribution is 5.81. The van der Waals surface area contributed by atoms with Gasteiger partial charge in [0.1, 0.15) is 6.04 Å². The molecule has 1 atom stereocenters. The average molecular weight is 285 g/mol. The van der Waals surface area contributed by atoms with Crippen LogP contribution in [0.2, 0.25) is 0 Å². The molecular weight excluding hydrogens is 266 g/mol. The molecule has 110 valence electrons. The number of hydrogen-bond donors (Lipinski definition) is 2. The van der Waals surface area contributed by atoms with Crippen LogP contribution in [0.25, 0.3) is 11.3 Å². The van der Waals surface area contributed by atoms with Crippen LogP contribution in [0.5, 0.6) is 0 Å². The summed E-state index contributed by atoms with van der Waals surface area (Å²) in [6.07, 6.45) is 1.76. The molecular formula is C16H19N3O2. The van der Waals surface area contributed by atoms with Crippen molar-refractivity contribution >= 4 is 5.91 Å². The fourth-order valence-electron chi connectivity index (χ4n) is 1.95. The molecule has 0 saturated carbocycles. The first kappa shape index (κ1) is 15.2. The van der Waals surface area contributed by atoms with Gasteiger partial charge in [-0.25, -0.2) is 0 Å². The highest BCUT2D eigenvalue weighted by Crippen LogP contribution is 2.17. The van der Waals surface area contributed by atoms with E-state index in [-0.39, 0.29) is 12.5 Å². The van der Waals surface area contributed by atoms with Crippen LogP contribution in [0.3, 0.4) is 0 Å². The van der Waals surface area contributed by atoms with Gasteiger partial charge in [-0.15, -0.1) is 0 Å². The fourth-order valence-corrected chi connectivity index (χ4v) is 1.95. The monoisotopic (exact) mass is 285 g/mol. The van der Waals surface area contributed by atoms with Gasteiger partial charge < -0.3 is 15.8 Å². The first-order valence-electron chi connectivity index (χ1n) is 6.73. The lowest BCUT2D eigenvalue weighted by atomic mass is 10.1. The van der Waals surface area contributed by atoms with Gasteiger partial charge in [-0.3, -0.25) is 9.78 Å². The summed E-state index contributed by atoms with van der Waals surface area (Å²) in [5.74, 6) is -0.222. The normalized spacial score (nSPS) is 11.9. The molecule has 1 aromatic heterocycles. The van der Waals surface area contributed by atoms with Crippen LogP contribution >= 0.6 is 0 Å². The number of pyridine rings is 1. The molecule has 2 rings (SSSR count). The summed E-state index contributed by atoms with van der Waals surface area (Å²) in [5, 5.41) is 2.80. The Hall–Kier alpha value is -2.24. The summed E-state index contributed by atoms with van der Waals surface area (Å²) >= 11 is 0. The zero-order valence-corrected chi connectivity index (χ0v) is 12.0. The summed E-state index contributed by atoms with van der Waals surface area (Å²) in [6, 6.07) is 13.0. The number of methoxy groups -OCH3 is 1. The third-order valence-electron chi connectivity index (χ3n) is 3.04. The molecule has 0 aliphatic rings. The average Bonchev–Trinajstić information content (AvgIpc) is 2.54. The van der Waals surface area contributed by atoms with Crippen LogP contribution in [0.1, 0.15) is 5.56 Å². The Kier molecular flexibility index (Phi) is 5.43. The Labute approximate surface area is 124 Å². The van der Waals surface area contributed by atoms with Gasteiger partial charge in [0, 0.05) is 25.4 Å². The van der Waals surface area contributed by atoms with Crippen LogP contribution in [0.15, 0.2) is 48.7 Å². The number of nitrogens with two attached hydrogens (primary N) is 1. The first-order valence-corrected chi connectivity index (χ1v) is 6.73. The maximum absolute atomic E-state index is 11.7. The van der Waals surface area contributed by atoms with Crippen molar-refractivity contribution in [3.05, 3.63) is 54.2 Å². The summed E-state index contributed by atoms with van der Waals surface area (Å²) in [6.45, 7) is 0.636. The standard InChI is InChI=1S/C16H19N3O2/c1-21-11-14(17)16(20)19-10-12-5-4-6-13(9-12)15-7-2-3-8-18-15/h2-9,14H,10-11,17H2,1H3,(H,19,20). The molecule has 2 aromatic rings. The quantitative estimate of drug-likeness (QED) is 0.839. The van der Waals surface area contributed by atoms with Gasteiger partial charge in [0.25, 0.3) is 0 Å². The highest BCUT2D eigenvalue weighted by Gasteiger charge is 2.12. The summed E-state index contributed by atoms with van der Waals surface area (Å²) in [7, 11) is 1.52. The predicted octanol–water partition coefficient (Wildman–Crippen LogP) is 1.34. The summed E-state index contributed by atoms with van der Waals surface area (Å²) in [4.78, 5) is 16.0. The minimum absolute atomic E-state index is 0.208. The van der Waals surface area contributed by atoms with Crippen LogP contribution < -0.4 is 11.1 Å². The van der Waals surface area contributed by atoms with E-state index in [0.717, 1.165) is 16.8 Å². The van der Waals surface area contributed by atoms with Gasteiger partial charge in [0.2, 0.25) is 5.91 Å². The molecule has 0 aliphatic carbocycles. The SMILES string of the molecule is COCC(N)C(=O)NCc1cccc(-c2ccccn2)c1. The Morgan fingerprint density at radius 2 is 2.19 bits per heavy atom. The van der Waals surface area contributed by atoms with E-state index in [1.807, 2.05) is 42.5 Å². The van der Waals surface area contributed by atoms with E-state index >= 15 is 0 Å². The molecule has 5 heteroatoms. The smallest absolute Gasteiger partial charge is 0.239 e. The molecule has 1 aromatic carbocycles. The van der Waals surface area contributed by atoms with Gasteiger partial charge in [0.05, 0.1) is 12.3 Å². The Morgan fingerprint density at radius 1 is 1.33 bits per heavy atom. The van der Waals surface area contributed by atoms with Crippen LogP contribution in [-0.2, 0) is 16.1 Å². The lowest BCUT2D eigenvalue weighted by molar-refractivity contribution is -0.123. The molecule has 0 bridgehead atoms.